The van der Waals surface area contributed by atoms with Crippen molar-refractivity contribution in [2.45, 2.75) is 4.90 Å². The molecule has 0 aliphatic rings. The van der Waals surface area contributed by atoms with Crippen LogP contribution >= 0.6 is 11.6 Å². The number of hydrogen-bond acceptors (Lipinski definition) is 4. The fourth-order valence-corrected chi connectivity index (χ4v) is 3.42. The van der Waals surface area contributed by atoms with Gasteiger partial charge in [-0.3, -0.25) is 15.2 Å². The van der Waals surface area contributed by atoms with E-state index in [1.807, 2.05) is 30.3 Å². The van der Waals surface area contributed by atoms with Crippen molar-refractivity contribution < 1.29 is 13.2 Å². The predicted molar refractivity (Wildman–Crippen MR) is 103 cm³/mol. The van der Waals surface area contributed by atoms with Gasteiger partial charge < -0.3 is 4.90 Å². The summed E-state index contributed by atoms with van der Waals surface area (Å²) in [4.78, 5) is 13.7. The highest BCUT2D eigenvalue weighted by Gasteiger charge is 2.20. The Morgan fingerprint density at radius 3 is 2.38 bits per heavy atom. The third-order valence-corrected chi connectivity index (χ3v) is 5.01. The maximum absolute atomic E-state index is 12.4. The molecule has 0 unspecified atom stereocenters. The average molecular weight is 395 g/mol. The Morgan fingerprint density at radius 1 is 1.12 bits per heavy atom. The lowest BCUT2D eigenvalue weighted by molar-refractivity contribution is 0.0951. The van der Waals surface area contributed by atoms with Crippen molar-refractivity contribution in [3.8, 4) is 0 Å². The molecule has 9 heteroatoms. The number of amides is 1. The Bertz CT molecular complexity index is 915. The van der Waals surface area contributed by atoms with Crippen molar-refractivity contribution in [3.05, 3.63) is 59.1 Å². The van der Waals surface area contributed by atoms with E-state index >= 15 is 0 Å². The number of carbonyl (C=O) groups is 1. The summed E-state index contributed by atoms with van der Waals surface area (Å²) in [7, 11) is 0.948. The van der Waals surface area contributed by atoms with E-state index < -0.39 is 15.9 Å². The van der Waals surface area contributed by atoms with E-state index in [0.29, 0.717) is 0 Å². The summed E-state index contributed by atoms with van der Waals surface area (Å²) in [5.41, 5.74) is 3.60. The smallest absolute Gasteiger partial charge is 0.285 e. The second kappa shape index (κ2) is 8.20. The molecule has 0 bridgehead atoms. The minimum absolute atomic E-state index is 0.00568. The van der Waals surface area contributed by atoms with Crippen LogP contribution in [0, 0.1) is 0 Å². The van der Waals surface area contributed by atoms with Gasteiger partial charge in [0.25, 0.3) is 15.9 Å². The Hall–Kier alpha value is -2.58. The van der Waals surface area contributed by atoms with Gasteiger partial charge in [0, 0.05) is 26.7 Å². The molecule has 0 fully saturated rings. The van der Waals surface area contributed by atoms with Crippen LogP contribution in [0.5, 0.6) is 0 Å². The SMILES string of the molecule is CN(C)C=NS(=O)(=O)c1cc(C(=O)NN(C)c2ccccc2)ccc1Cl. The molecule has 0 radical (unpaired) electrons. The third kappa shape index (κ3) is 4.96. The number of benzene rings is 2. The topological polar surface area (TPSA) is 82.1 Å². The van der Waals surface area contributed by atoms with E-state index in [1.54, 1.807) is 21.1 Å². The maximum atomic E-state index is 12.4. The fraction of sp³-hybridized carbons (Fsp3) is 0.176. The van der Waals surface area contributed by atoms with Crippen LogP contribution in [-0.4, -0.2) is 46.7 Å². The van der Waals surface area contributed by atoms with Crippen LogP contribution in [0.3, 0.4) is 0 Å². The molecular weight excluding hydrogens is 376 g/mol. The van der Waals surface area contributed by atoms with Gasteiger partial charge in [0.2, 0.25) is 0 Å². The lowest BCUT2D eigenvalue weighted by Gasteiger charge is -2.20. The van der Waals surface area contributed by atoms with Crippen LogP contribution in [0.1, 0.15) is 10.4 Å². The number of carbonyl (C=O) groups excluding carboxylic acids is 1. The zero-order chi connectivity index (χ0) is 19.3. The zero-order valence-electron chi connectivity index (χ0n) is 14.5. The highest BCUT2D eigenvalue weighted by Crippen LogP contribution is 2.24. The minimum Gasteiger partial charge on any atom is -0.368 e. The highest BCUT2D eigenvalue weighted by atomic mass is 35.5. The quantitative estimate of drug-likeness (QED) is 0.462. The Balaban J connectivity index is 2.27. The summed E-state index contributed by atoms with van der Waals surface area (Å²) in [6.07, 6.45) is 1.15. The van der Waals surface area contributed by atoms with Gasteiger partial charge >= 0.3 is 0 Å². The molecule has 7 nitrogen and oxygen atoms in total. The first-order valence-corrected chi connectivity index (χ1v) is 9.39. The molecule has 1 N–H and O–H groups in total. The Kier molecular flexibility index (Phi) is 6.23. The summed E-state index contributed by atoms with van der Waals surface area (Å²) < 4.78 is 28.2. The van der Waals surface area contributed by atoms with Gasteiger partial charge in [-0.25, -0.2) is 0 Å². The number of hydrogen-bond donors (Lipinski definition) is 1. The molecule has 0 atom stereocenters. The summed E-state index contributed by atoms with van der Waals surface area (Å²) in [6, 6.07) is 13.2. The monoisotopic (exact) mass is 394 g/mol. The second-order valence-corrected chi connectivity index (χ2v) is 7.65. The lowest BCUT2D eigenvalue weighted by atomic mass is 10.2. The molecule has 1 amide bonds. The molecule has 2 aromatic carbocycles. The van der Waals surface area contributed by atoms with Gasteiger partial charge in [-0.1, -0.05) is 29.8 Å². The molecule has 2 rings (SSSR count). The molecule has 0 heterocycles. The largest absolute Gasteiger partial charge is 0.368 e. The number of hydrazine groups is 1. The van der Waals surface area contributed by atoms with Crippen LogP contribution < -0.4 is 10.4 Å². The van der Waals surface area contributed by atoms with Crippen LogP contribution in [0.25, 0.3) is 0 Å². The summed E-state index contributed by atoms with van der Waals surface area (Å²) in [6.45, 7) is 0. The Labute approximate surface area is 157 Å². The van der Waals surface area contributed by atoms with Crippen molar-refractivity contribution >= 4 is 39.6 Å². The molecular formula is C17H19ClN4O3S. The Morgan fingerprint density at radius 2 is 1.77 bits per heavy atom. The van der Waals surface area contributed by atoms with Crippen molar-refractivity contribution in [2.75, 3.05) is 26.2 Å². The summed E-state index contributed by atoms with van der Waals surface area (Å²) >= 11 is 5.99. The van der Waals surface area contributed by atoms with Crippen molar-refractivity contribution in [2.24, 2.45) is 4.40 Å². The standard InChI is InChI=1S/C17H19ClN4O3S/c1-21(2)12-19-26(24,25)16-11-13(9-10-15(16)18)17(23)20-22(3)14-7-5-4-6-8-14/h4-12H,1-3H3,(H,20,23). The van der Waals surface area contributed by atoms with E-state index in [1.165, 1.54) is 28.1 Å². The van der Waals surface area contributed by atoms with Gasteiger partial charge in [0.1, 0.15) is 11.2 Å². The predicted octanol–water partition coefficient (Wildman–Crippen LogP) is 2.40. The van der Waals surface area contributed by atoms with E-state index in [4.69, 9.17) is 11.6 Å². The number of halogens is 1. The molecule has 0 aliphatic heterocycles. The number of nitrogens with one attached hydrogen (secondary N) is 1. The third-order valence-electron chi connectivity index (χ3n) is 3.30. The number of sulfonamides is 1. The molecule has 2 aromatic rings. The lowest BCUT2D eigenvalue weighted by Crippen LogP contribution is -2.39. The molecule has 0 aromatic heterocycles. The number of para-hydroxylation sites is 1. The molecule has 0 saturated carbocycles. The van der Waals surface area contributed by atoms with Crippen LogP contribution in [-0.2, 0) is 10.0 Å². The molecule has 26 heavy (non-hydrogen) atoms. The normalized spacial score (nSPS) is 11.4. The molecule has 138 valence electrons. The van der Waals surface area contributed by atoms with Crippen molar-refractivity contribution in [3.63, 3.8) is 0 Å². The molecule has 0 spiro atoms. The molecule has 0 aliphatic carbocycles. The van der Waals surface area contributed by atoms with Crippen LogP contribution in [0.4, 0.5) is 5.69 Å². The van der Waals surface area contributed by atoms with E-state index in [-0.39, 0.29) is 15.5 Å². The van der Waals surface area contributed by atoms with Gasteiger partial charge in [0.05, 0.1) is 10.7 Å². The van der Waals surface area contributed by atoms with Crippen molar-refractivity contribution in [1.29, 1.82) is 0 Å². The van der Waals surface area contributed by atoms with Gasteiger partial charge in [-0.15, -0.1) is 4.40 Å². The number of nitrogens with zero attached hydrogens (tertiary/aromatic N) is 3. The summed E-state index contributed by atoms with van der Waals surface area (Å²) in [5, 5.41) is 1.53. The molecule has 0 saturated heterocycles. The first kappa shape index (κ1) is 19.7. The van der Waals surface area contributed by atoms with Crippen LogP contribution in [0.15, 0.2) is 57.8 Å². The maximum Gasteiger partial charge on any atom is 0.285 e. The number of anilines is 1. The fourth-order valence-electron chi connectivity index (χ4n) is 1.99. The number of rotatable bonds is 6. The first-order valence-electron chi connectivity index (χ1n) is 7.57. The van der Waals surface area contributed by atoms with E-state index in [0.717, 1.165) is 12.0 Å². The highest BCUT2D eigenvalue weighted by molar-refractivity contribution is 7.90. The average Bonchev–Trinajstić information content (AvgIpc) is 2.61. The first-order chi connectivity index (χ1) is 12.2. The zero-order valence-corrected chi connectivity index (χ0v) is 16.1. The minimum atomic E-state index is -4.02. The summed E-state index contributed by atoms with van der Waals surface area (Å²) in [5.74, 6) is -0.471. The van der Waals surface area contributed by atoms with Gasteiger partial charge in [0.15, 0.2) is 0 Å². The van der Waals surface area contributed by atoms with E-state index in [9.17, 15) is 13.2 Å². The van der Waals surface area contributed by atoms with Gasteiger partial charge in [-0.2, -0.15) is 8.42 Å². The van der Waals surface area contributed by atoms with Crippen LogP contribution in [0.2, 0.25) is 5.02 Å². The second-order valence-electron chi connectivity index (χ2n) is 5.64. The van der Waals surface area contributed by atoms with Gasteiger partial charge in [-0.05, 0) is 30.3 Å². The van der Waals surface area contributed by atoms with E-state index in [2.05, 4.69) is 9.82 Å². The van der Waals surface area contributed by atoms with Crippen molar-refractivity contribution in [1.82, 2.24) is 10.3 Å².